The quantitative estimate of drug-likeness (QED) is 0.356. The van der Waals surface area contributed by atoms with E-state index >= 15 is 0 Å². The van der Waals surface area contributed by atoms with Crippen LogP contribution in [0.4, 0.5) is 23.5 Å². The predicted molar refractivity (Wildman–Crippen MR) is 122 cm³/mol. The molecule has 0 aliphatic rings. The van der Waals surface area contributed by atoms with Gasteiger partial charge in [-0.25, -0.2) is 23.6 Å². The van der Waals surface area contributed by atoms with Crippen LogP contribution in [0.3, 0.4) is 0 Å². The predicted octanol–water partition coefficient (Wildman–Crippen LogP) is 4.75. The normalized spacial score (nSPS) is 11.7. The zero-order valence-corrected chi connectivity index (χ0v) is 18.7. The van der Waals surface area contributed by atoms with Crippen molar-refractivity contribution in [3.05, 3.63) is 95.3 Å². The van der Waals surface area contributed by atoms with Gasteiger partial charge in [-0.2, -0.15) is 18.3 Å². The number of aromatic nitrogens is 6. The van der Waals surface area contributed by atoms with Crippen molar-refractivity contribution >= 4 is 17.5 Å². The largest absolute Gasteiger partial charge is 0.433 e. The van der Waals surface area contributed by atoms with Gasteiger partial charge in [-0.05, 0) is 42.8 Å². The van der Waals surface area contributed by atoms with E-state index in [1.54, 1.807) is 0 Å². The first kappa shape index (κ1) is 23.1. The highest BCUT2D eigenvalue weighted by molar-refractivity contribution is 6.02. The Morgan fingerprint density at radius 3 is 2.42 bits per heavy atom. The van der Waals surface area contributed by atoms with Crippen LogP contribution in [0.15, 0.2) is 67.0 Å². The van der Waals surface area contributed by atoms with E-state index in [1.165, 1.54) is 23.1 Å². The van der Waals surface area contributed by atoms with Crippen molar-refractivity contribution in [2.45, 2.75) is 19.6 Å². The molecule has 0 radical (unpaired) electrons. The summed E-state index contributed by atoms with van der Waals surface area (Å²) in [6.45, 7) is 2.39. The lowest BCUT2D eigenvalue weighted by Crippen LogP contribution is -2.16. The molecule has 0 spiro atoms. The molecule has 5 rings (SSSR count). The lowest BCUT2D eigenvalue weighted by atomic mass is 10.1. The molecule has 0 fully saturated rings. The second kappa shape index (κ2) is 8.87. The van der Waals surface area contributed by atoms with E-state index in [0.29, 0.717) is 11.1 Å². The summed E-state index contributed by atoms with van der Waals surface area (Å²) in [4.78, 5) is 20.9. The number of aryl methyl sites for hydroxylation is 1. The van der Waals surface area contributed by atoms with Crippen molar-refractivity contribution < 1.29 is 22.4 Å². The number of amides is 1. The first-order chi connectivity index (χ1) is 17.2. The number of fused-ring (bicyclic) bond motifs is 1. The number of nitrogens with zero attached hydrogens (tertiary/aromatic N) is 6. The van der Waals surface area contributed by atoms with Crippen molar-refractivity contribution in [3.8, 4) is 11.3 Å². The Morgan fingerprint density at radius 1 is 1.00 bits per heavy atom. The van der Waals surface area contributed by atoms with Gasteiger partial charge >= 0.3 is 6.18 Å². The van der Waals surface area contributed by atoms with E-state index in [1.807, 2.05) is 31.2 Å². The summed E-state index contributed by atoms with van der Waals surface area (Å²) >= 11 is 0. The average molecular weight is 495 g/mol. The third kappa shape index (κ3) is 4.78. The molecule has 3 aromatic heterocycles. The van der Waals surface area contributed by atoms with Gasteiger partial charge in [0.1, 0.15) is 12.1 Å². The molecule has 0 aliphatic heterocycles. The molecule has 0 bridgehead atoms. The summed E-state index contributed by atoms with van der Waals surface area (Å²) in [6.07, 6.45) is -3.36. The lowest BCUT2D eigenvalue weighted by molar-refractivity contribution is -0.142. The minimum Gasteiger partial charge on any atom is -0.288 e. The van der Waals surface area contributed by atoms with Crippen molar-refractivity contribution in [2.24, 2.45) is 0 Å². The van der Waals surface area contributed by atoms with Crippen LogP contribution in [0.25, 0.3) is 16.9 Å². The third-order valence-electron chi connectivity index (χ3n) is 5.32. The van der Waals surface area contributed by atoms with Gasteiger partial charge in [-0.3, -0.25) is 10.1 Å². The van der Waals surface area contributed by atoms with Crippen LogP contribution in [0, 0.1) is 12.7 Å². The monoisotopic (exact) mass is 495 g/mol. The molecule has 182 valence electrons. The number of anilines is 1. The van der Waals surface area contributed by atoms with Crippen LogP contribution in [-0.2, 0) is 12.7 Å². The number of rotatable bonds is 5. The number of benzene rings is 2. The van der Waals surface area contributed by atoms with Crippen molar-refractivity contribution in [2.75, 3.05) is 5.32 Å². The highest BCUT2D eigenvalue weighted by Gasteiger charge is 2.35. The maximum Gasteiger partial charge on any atom is 0.433 e. The van der Waals surface area contributed by atoms with Gasteiger partial charge in [-0.1, -0.05) is 29.8 Å². The van der Waals surface area contributed by atoms with E-state index in [2.05, 4.69) is 25.5 Å². The van der Waals surface area contributed by atoms with E-state index in [9.17, 15) is 22.4 Å². The van der Waals surface area contributed by atoms with Gasteiger partial charge < -0.3 is 0 Å². The molecule has 0 saturated carbocycles. The van der Waals surface area contributed by atoms with Gasteiger partial charge in [0.2, 0.25) is 5.95 Å². The Kier molecular flexibility index (Phi) is 5.71. The highest BCUT2D eigenvalue weighted by Crippen LogP contribution is 2.32. The number of carbonyl (C=O) groups excluding carboxylic acids is 1. The molecule has 1 N–H and O–H groups in total. The Morgan fingerprint density at radius 2 is 1.72 bits per heavy atom. The smallest absolute Gasteiger partial charge is 0.288 e. The Hall–Kier alpha value is -4.61. The van der Waals surface area contributed by atoms with Crippen LogP contribution in [0.5, 0.6) is 0 Å². The maximum absolute atomic E-state index is 13.8. The highest BCUT2D eigenvalue weighted by atomic mass is 19.4. The summed E-state index contributed by atoms with van der Waals surface area (Å²) in [5, 5.41) is 10.4. The van der Waals surface area contributed by atoms with E-state index in [-0.39, 0.29) is 28.5 Å². The lowest BCUT2D eigenvalue weighted by Gasteiger charge is -2.11. The topological polar surface area (TPSA) is 90.0 Å². The van der Waals surface area contributed by atoms with Gasteiger partial charge in [0.15, 0.2) is 17.0 Å². The van der Waals surface area contributed by atoms with Crippen molar-refractivity contribution in [3.63, 3.8) is 0 Å². The molecule has 0 saturated heterocycles. The first-order valence-corrected chi connectivity index (χ1v) is 10.7. The minimum atomic E-state index is -4.79. The summed E-state index contributed by atoms with van der Waals surface area (Å²) < 4.78 is 56.6. The summed E-state index contributed by atoms with van der Waals surface area (Å²) in [5.74, 6) is -1.36. The molecular weight excluding hydrogens is 478 g/mol. The van der Waals surface area contributed by atoms with Gasteiger partial charge in [0, 0.05) is 11.6 Å². The number of halogens is 4. The molecule has 0 unspecified atom stereocenters. The molecule has 3 heterocycles. The maximum atomic E-state index is 13.8. The molecule has 1 amide bonds. The third-order valence-corrected chi connectivity index (χ3v) is 5.32. The molecule has 5 aromatic rings. The second-order valence-corrected chi connectivity index (χ2v) is 8.04. The molecule has 0 aliphatic carbocycles. The Labute approximate surface area is 201 Å². The standard InChI is InChI=1S/C24H17F4N7O/c1-14-2-4-15(5-3-14)12-34-13-29-23(33-34)31-22(36)19-11-21-30-18(16-6-8-17(25)9-7-16)10-20(24(26,27)28)35(21)32-19/h2-11,13H,12H2,1H3,(H,31,33,36). The summed E-state index contributed by atoms with van der Waals surface area (Å²) in [6, 6.07) is 14.6. The number of hydrogen-bond acceptors (Lipinski definition) is 5. The molecular formula is C24H17F4N7O. The number of carbonyl (C=O) groups is 1. The fourth-order valence-corrected chi connectivity index (χ4v) is 3.53. The van der Waals surface area contributed by atoms with Crippen LogP contribution < -0.4 is 5.32 Å². The van der Waals surface area contributed by atoms with Crippen molar-refractivity contribution in [1.82, 2.24) is 29.4 Å². The first-order valence-electron chi connectivity index (χ1n) is 10.7. The Bertz CT molecular complexity index is 1550. The molecule has 8 nitrogen and oxygen atoms in total. The Balaban J connectivity index is 1.42. The SMILES string of the molecule is Cc1ccc(Cn2cnc(NC(=O)c3cc4nc(-c5ccc(F)cc5)cc(C(F)(F)F)n4n3)n2)cc1. The number of hydrogen-bond donors (Lipinski definition) is 1. The van der Waals surface area contributed by atoms with Crippen LogP contribution >= 0.6 is 0 Å². The van der Waals surface area contributed by atoms with Gasteiger partial charge in [0.25, 0.3) is 5.91 Å². The van der Waals surface area contributed by atoms with E-state index in [4.69, 9.17) is 0 Å². The van der Waals surface area contributed by atoms with E-state index < -0.39 is 23.6 Å². The molecule has 2 aromatic carbocycles. The van der Waals surface area contributed by atoms with Gasteiger partial charge in [-0.15, -0.1) is 5.10 Å². The number of alkyl halides is 3. The van der Waals surface area contributed by atoms with Crippen LogP contribution in [0.1, 0.15) is 27.3 Å². The summed E-state index contributed by atoms with van der Waals surface area (Å²) in [7, 11) is 0. The van der Waals surface area contributed by atoms with E-state index in [0.717, 1.165) is 35.4 Å². The van der Waals surface area contributed by atoms with Crippen LogP contribution in [0.2, 0.25) is 0 Å². The number of nitrogens with one attached hydrogen (secondary N) is 1. The molecule has 0 atom stereocenters. The fourth-order valence-electron chi connectivity index (χ4n) is 3.53. The second-order valence-electron chi connectivity index (χ2n) is 8.04. The van der Waals surface area contributed by atoms with Crippen LogP contribution in [-0.4, -0.2) is 35.3 Å². The van der Waals surface area contributed by atoms with Crippen molar-refractivity contribution in [1.29, 1.82) is 0 Å². The molecule has 12 heteroatoms. The fraction of sp³-hybridized carbons (Fsp3) is 0.125. The zero-order valence-electron chi connectivity index (χ0n) is 18.7. The zero-order chi connectivity index (χ0) is 25.4. The van der Waals surface area contributed by atoms with Gasteiger partial charge in [0.05, 0.1) is 12.2 Å². The summed E-state index contributed by atoms with van der Waals surface area (Å²) in [5.41, 5.74) is 0.688. The molecule has 36 heavy (non-hydrogen) atoms. The minimum absolute atomic E-state index is 0.0276. The average Bonchev–Trinajstić information content (AvgIpc) is 3.46.